The summed E-state index contributed by atoms with van der Waals surface area (Å²) in [6, 6.07) is 13.1. The Morgan fingerprint density at radius 1 is 0.920 bits per heavy atom. The summed E-state index contributed by atoms with van der Waals surface area (Å²) in [5, 5.41) is 11.4. The van der Waals surface area contributed by atoms with Crippen LogP contribution < -0.4 is 19.5 Å². The Morgan fingerprint density at radius 2 is 1.76 bits per heavy atom. The number of hydrogen-bond donors (Lipinski definition) is 1. The second-order valence-electron chi connectivity index (χ2n) is 5.16. The molecule has 0 spiro atoms. The van der Waals surface area contributed by atoms with Gasteiger partial charge in [-0.1, -0.05) is 6.07 Å². The molecule has 0 radical (unpaired) electrons. The molecule has 3 rings (SSSR count). The lowest BCUT2D eigenvalue weighted by Gasteiger charge is -2.07. The van der Waals surface area contributed by atoms with E-state index in [1.54, 1.807) is 33.5 Å². The van der Waals surface area contributed by atoms with Crippen LogP contribution in [0.2, 0.25) is 0 Å². The standard InChI is InChI=1S/C18H19N3O4/c1-22-14-6-4-5-13(10-14)19-11-17-20-21-18(25-17)12-7-8-15(23-2)16(9-12)24-3/h4-10,19H,11H2,1-3H3. The van der Waals surface area contributed by atoms with E-state index in [0.29, 0.717) is 29.8 Å². The third-order valence-corrected chi connectivity index (χ3v) is 3.61. The third-order valence-electron chi connectivity index (χ3n) is 3.61. The maximum absolute atomic E-state index is 5.71. The molecule has 0 saturated carbocycles. The fraction of sp³-hybridized carbons (Fsp3) is 0.222. The Labute approximate surface area is 145 Å². The van der Waals surface area contributed by atoms with Crippen molar-refractivity contribution in [3.63, 3.8) is 0 Å². The molecule has 7 heteroatoms. The number of rotatable bonds is 7. The molecule has 0 aliphatic rings. The molecule has 130 valence electrons. The Bertz CT molecular complexity index is 848. The first-order valence-corrected chi connectivity index (χ1v) is 7.66. The molecule has 0 aliphatic carbocycles. The average molecular weight is 341 g/mol. The van der Waals surface area contributed by atoms with Crippen molar-refractivity contribution in [2.45, 2.75) is 6.54 Å². The molecule has 1 heterocycles. The lowest BCUT2D eigenvalue weighted by molar-refractivity contribution is 0.355. The number of hydrogen-bond acceptors (Lipinski definition) is 7. The maximum atomic E-state index is 5.71. The van der Waals surface area contributed by atoms with Crippen molar-refractivity contribution in [2.75, 3.05) is 26.6 Å². The predicted molar refractivity (Wildman–Crippen MR) is 93.2 cm³/mol. The van der Waals surface area contributed by atoms with E-state index < -0.39 is 0 Å². The second-order valence-corrected chi connectivity index (χ2v) is 5.16. The summed E-state index contributed by atoms with van der Waals surface area (Å²) in [6.07, 6.45) is 0. The number of benzene rings is 2. The van der Waals surface area contributed by atoms with Crippen LogP contribution >= 0.6 is 0 Å². The minimum absolute atomic E-state index is 0.410. The topological polar surface area (TPSA) is 78.6 Å². The van der Waals surface area contributed by atoms with E-state index in [1.165, 1.54) is 0 Å². The summed E-state index contributed by atoms with van der Waals surface area (Å²) in [5.41, 5.74) is 1.67. The van der Waals surface area contributed by atoms with E-state index in [-0.39, 0.29) is 0 Å². The van der Waals surface area contributed by atoms with Crippen molar-refractivity contribution < 1.29 is 18.6 Å². The van der Waals surface area contributed by atoms with E-state index in [9.17, 15) is 0 Å². The predicted octanol–water partition coefficient (Wildman–Crippen LogP) is 3.37. The van der Waals surface area contributed by atoms with Crippen molar-refractivity contribution in [1.29, 1.82) is 0 Å². The van der Waals surface area contributed by atoms with Gasteiger partial charge in [0, 0.05) is 17.3 Å². The SMILES string of the molecule is COc1cccc(NCc2nnc(-c3ccc(OC)c(OC)c3)o2)c1. The fourth-order valence-corrected chi connectivity index (χ4v) is 2.32. The fourth-order valence-electron chi connectivity index (χ4n) is 2.32. The number of anilines is 1. The Morgan fingerprint density at radius 3 is 2.52 bits per heavy atom. The van der Waals surface area contributed by atoms with Gasteiger partial charge in [-0.25, -0.2) is 0 Å². The van der Waals surface area contributed by atoms with Gasteiger partial charge in [0.25, 0.3) is 0 Å². The summed E-state index contributed by atoms with van der Waals surface area (Å²) >= 11 is 0. The lowest BCUT2D eigenvalue weighted by Crippen LogP contribution is -1.99. The number of aromatic nitrogens is 2. The molecule has 1 N–H and O–H groups in total. The summed E-state index contributed by atoms with van der Waals surface area (Å²) < 4.78 is 21.4. The number of nitrogens with zero attached hydrogens (tertiary/aromatic N) is 2. The molecule has 0 atom stereocenters. The van der Waals surface area contributed by atoms with Crippen molar-refractivity contribution >= 4 is 5.69 Å². The molecule has 1 aromatic heterocycles. The van der Waals surface area contributed by atoms with Crippen LogP contribution in [0.4, 0.5) is 5.69 Å². The van der Waals surface area contributed by atoms with E-state index in [4.69, 9.17) is 18.6 Å². The summed E-state index contributed by atoms with van der Waals surface area (Å²) in [7, 11) is 4.80. The van der Waals surface area contributed by atoms with Crippen molar-refractivity contribution in [3.05, 3.63) is 48.4 Å². The quantitative estimate of drug-likeness (QED) is 0.706. The largest absolute Gasteiger partial charge is 0.497 e. The monoisotopic (exact) mass is 341 g/mol. The van der Waals surface area contributed by atoms with Gasteiger partial charge in [0.2, 0.25) is 11.8 Å². The number of ether oxygens (including phenoxy) is 3. The molecule has 2 aromatic carbocycles. The van der Waals surface area contributed by atoms with Gasteiger partial charge >= 0.3 is 0 Å². The number of nitrogens with one attached hydrogen (secondary N) is 1. The van der Waals surface area contributed by atoms with E-state index in [1.807, 2.05) is 30.3 Å². The lowest BCUT2D eigenvalue weighted by atomic mass is 10.2. The highest BCUT2D eigenvalue weighted by Crippen LogP contribution is 2.31. The van der Waals surface area contributed by atoms with Crippen LogP contribution in [0, 0.1) is 0 Å². The van der Waals surface area contributed by atoms with E-state index in [2.05, 4.69) is 15.5 Å². The van der Waals surface area contributed by atoms with Crippen LogP contribution in [0.5, 0.6) is 17.2 Å². The Balaban J connectivity index is 1.72. The molecular weight excluding hydrogens is 322 g/mol. The molecule has 7 nitrogen and oxygen atoms in total. The van der Waals surface area contributed by atoms with Crippen LogP contribution in [0.15, 0.2) is 46.9 Å². The Kier molecular flexibility index (Phi) is 5.03. The molecule has 0 aliphatic heterocycles. The van der Waals surface area contributed by atoms with Gasteiger partial charge in [-0.15, -0.1) is 10.2 Å². The first kappa shape index (κ1) is 16.6. The summed E-state index contributed by atoms with van der Waals surface area (Å²) in [6.45, 7) is 0.410. The third kappa shape index (κ3) is 3.82. The van der Waals surface area contributed by atoms with Crippen molar-refractivity contribution in [1.82, 2.24) is 10.2 Å². The highest BCUT2D eigenvalue weighted by atomic mass is 16.5. The van der Waals surface area contributed by atoms with Gasteiger partial charge in [0.1, 0.15) is 5.75 Å². The molecule has 3 aromatic rings. The molecule has 0 bridgehead atoms. The minimum atomic E-state index is 0.410. The summed E-state index contributed by atoms with van der Waals surface area (Å²) in [5.74, 6) is 2.93. The first-order chi connectivity index (χ1) is 12.2. The van der Waals surface area contributed by atoms with Gasteiger partial charge < -0.3 is 23.9 Å². The zero-order valence-corrected chi connectivity index (χ0v) is 14.3. The van der Waals surface area contributed by atoms with E-state index in [0.717, 1.165) is 17.0 Å². The van der Waals surface area contributed by atoms with Gasteiger partial charge in [0.15, 0.2) is 11.5 Å². The normalized spacial score (nSPS) is 10.4. The van der Waals surface area contributed by atoms with Crippen LogP contribution in [0.1, 0.15) is 5.89 Å². The number of methoxy groups -OCH3 is 3. The molecule has 0 saturated heterocycles. The molecule has 25 heavy (non-hydrogen) atoms. The molecule has 0 amide bonds. The zero-order valence-electron chi connectivity index (χ0n) is 14.3. The van der Waals surface area contributed by atoms with E-state index >= 15 is 0 Å². The van der Waals surface area contributed by atoms with Crippen molar-refractivity contribution in [2.24, 2.45) is 0 Å². The van der Waals surface area contributed by atoms with Gasteiger partial charge in [-0.2, -0.15) is 0 Å². The van der Waals surface area contributed by atoms with Gasteiger partial charge in [-0.3, -0.25) is 0 Å². The second kappa shape index (κ2) is 7.57. The molecular formula is C18H19N3O4. The molecule has 0 fully saturated rings. The van der Waals surface area contributed by atoms with Gasteiger partial charge in [-0.05, 0) is 30.3 Å². The maximum Gasteiger partial charge on any atom is 0.247 e. The van der Waals surface area contributed by atoms with Crippen LogP contribution in [0.3, 0.4) is 0 Å². The minimum Gasteiger partial charge on any atom is -0.497 e. The van der Waals surface area contributed by atoms with Crippen LogP contribution in [-0.2, 0) is 6.54 Å². The molecule has 0 unspecified atom stereocenters. The van der Waals surface area contributed by atoms with Crippen LogP contribution in [-0.4, -0.2) is 31.5 Å². The average Bonchev–Trinajstić information content (AvgIpc) is 3.15. The summed E-state index contributed by atoms with van der Waals surface area (Å²) in [4.78, 5) is 0. The van der Waals surface area contributed by atoms with Crippen molar-refractivity contribution in [3.8, 4) is 28.7 Å². The highest BCUT2D eigenvalue weighted by Gasteiger charge is 2.12. The first-order valence-electron chi connectivity index (χ1n) is 7.66. The Hall–Kier alpha value is -3.22. The smallest absolute Gasteiger partial charge is 0.247 e. The van der Waals surface area contributed by atoms with Crippen LogP contribution in [0.25, 0.3) is 11.5 Å². The zero-order chi connectivity index (χ0) is 17.6. The van der Waals surface area contributed by atoms with Gasteiger partial charge in [0.05, 0.1) is 27.9 Å². The highest BCUT2D eigenvalue weighted by molar-refractivity contribution is 5.59.